The molecule has 5 aromatic carbocycles. The van der Waals surface area contributed by atoms with Crippen LogP contribution >= 0.6 is 0 Å². The fraction of sp³-hybridized carbons (Fsp3) is 0.234. The highest BCUT2D eigenvalue weighted by Crippen LogP contribution is 2.47. The first-order valence-corrected chi connectivity index (χ1v) is 17.7. The van der Waals surface area contributed by atoms with E-state index in [1.165, 1.54) is 0 Å². The Morgan fingerprint density at radius 1 is 0.472 bits per heavy atom. The van der Waals surface area contributed by atoms with Crippen LogP contribution in [0.3, 0.4) is 0 Å². The highest BCUT2D eigenvalue weighted by Gasteiger charge is 2.31. The van der Waals surface area contributed by atoms with E-state index in [9.17, 15) is 19.8 Å². The number of aryl methyl sites for hydroxylation is 9. The van der Waals surface area contributed by atoms with Gasteiger partial charge in [0.2, 0.25) is 0 Å². The van der Waals surface area contributed by atoms with E-state index in [1.807, 2.05) is 79.7 Å². The summed E-state index contributed by atoms with van der Waals surface area (Å²) in [5.41, 5.74) is 14.1. The zero-order chi connectivity index (χ0) is 38.9. The van der Waals surface area contributed by atoms with Crippen LogP contribution in [0.2, 0.25) is 0 Å². The molecule has 5 rings (SSSR count). The first-order valence-electron chi connectivity index (χ1n) is 17.7. The van der Waals surface area contributed by atoms with Crippen molar-refractivity contribution >= 4 is 11.9 Å². The minimum absolute atomic E-state index is 0.234. The number of esters is 2. The van der Waals surface area contributed by atoms with Crippen LogP contribution in [0.25, 0.3) is 0 Å². The van der Waals surface area contributed by atoms with Crippen molar-refractivity contribution in [2.75, 3.05) is 0 Å². The molecule has 0 saturated heterocycles. The maximum Gasteiger partial charge on any atom is 0.335 e. The van der Waals surface area contributed by atoms with Gasteiger partial charge in [0.15, 0.2) is 0 Å². The monoisotopic (exact) mass is 708 g/mol. The molecule has 0 spiro atoms. The lowest BCUT2D eigenvalue weighted by molar-refractivity contribution is -0.129. The number of phenolic OH excluding ortho intramolecular Hbond substituents is 2. The van der Waals surface area contributed by atoms with E-state index in [2.05, 4.69) is 62.5 Å². The van der Waals surface area contributed by atoms with E-state index in [0.717, 1.165) is 95.6 Å². The minimum Gasteiger partial charge on any atom is -0.508 e. The van der Waals surface area contributed by atoms with E-state index in [-0.39, 0.29) is 23.3 Å². The lowest BCUT2D eigenvalue weighted by atomic mass is 9.72. The van der Waals surface area contributed by atoms with Crippen LogP contribution < -0.4 is 9.47 Å². The molecule has 0 heterocycles. The topological polar surface area (TPSA) is 93.1 Å². The number of hydrogen-bond donors (Lipinski definition) is 2. The molecule has 5 aromatic rings. The second kappa shape index (κ2) is 15.4. The van der Waals surface area contributed by atoms with Crippen molar-refractivity contribution in [1.29, 1.82) is 0 Å². The van der Waals surface area contributed by atoms with Gasteiger partial charge in [0, 0.05) is 24.0 Å². The van der Waals surface area contributed by atoms with Gasteiger partial charge in [-0.15, -0.1) is 0 Å². The molecule has 272 valence electrons. The van der Waals surface area contributed by atoms with Crippen molar-refractivity contribution in [3.8, 4) is 23.0 Å². The summed E-state index contributed by atoms with van der Waals surface area (Å²) in [5.74, 6) is -0.282. The molecule has 2 N–H and O–H groups in total. The minimum atomic E-state index is -0.532. The highest BCUT2D eigenvalue weighted by molar-refractivity contribution is 5.84. The Bertz CT molecular complexity index is 2160. The van der Waals surface area contributed by atoms with Gasteiger partial charge in [-0.2, -0.15) is 0 Å². The number of benzene rings is 5. The second-order valence-corrected chi connectivity index (χ2v) is 14.2. The number of aromatic hydroxyl groups is 2. The van der Waals surface area contributed by atoms with Crippen molar-refractivity contribution in [2.45, 2.75) is 74.1 Å². The lowest BCUT2D eigenvalue weighted by Crippen LogP contribution is -2.16. The maximum atomic E-state index is 12.3. The number of rotatable bonds is 10. The largest absolute Gasteiger partial charge is 0.508 e. The van der Waals surface area contributed by atoms with Crippen LogP contribution in [0.1, 0.15) is 95.3 Å². The van der Waals surface area contributed by atoms with Crippen LogP contribution in [0.5, 0.6) is 23.0 Å². The molecule has 0 radical (unpaired) electrons. The molecule has 0 fully saturated rings. The van der Waals surface area contributed by atoms with Gasteiger partial charge in [-0.25, -0.2) is 9.59 Å². The molecule has 0 atom stereocenters. The summed E-state index contributed by atoms with van der Waals surface area (Å²) in [7, 11) is 0. The summed E-state index contributed by atoms with van der Waals surface area (Å²) in [5, 5.41) is 21.5. The van der Waals surface area contributed by atoms with Gasteiger partial charge in [-0.05, 0) is 164 Å². The average molecular weight is 709 g/mol. The third-order valence-corrected chi connectivity index (χ3v) is 10.2. The predicted molar refractivity (Wildman–Crippen MR) is 212 cm³/mol. The average Bonchev–Trinajstić information content (AvgIpc) is 3.10. The Kier molecular flexibility index (Phi) is 11.1. The van der Waals surface area contributed by atoms with Crippen molar-refractivity contribution < 1.29 is 29.3 Å². The van der Waals surface area contributed by atoms with E-state index in [0.29, 0.717) is 11.5 Å². The van der Waals surface area contributed by atoms with Crippen LogP contribution in [-0.4, -0.2) is 22.2 Å². The van der Waals surface area contributed by atoms with Gasteiger partial charge in [-0.1, -0.05) is 61.2 Å². The predicted octanol–water partition coefficient (Wildman–Crippen LogP) is 10.4. The first-order chi connectivity index (χ1) is 25.0. The molecule has 0 aliphatic carbocycles. The van der Waals surface area contributed by atoms with E-state index >= 15 is 0 Å². The highest BCUT2D eigenvalue weighted by atomic mass is 16.5. The van der Waals surface area contributed by atoms with E-state index in [4.69, 9.17) is 9.47 Å². The Morgan fingerprint density at radius 3 is 1.23 bits per heavy atom. The number of ether oxygens (including phenoxy) is 2. The summed E-state index contributed by atoms with van der Waals surface area (Å²) >= 11 is 0. The zero-order valence-electron chi connectivity index (χ0n) is 32.1. The van der Waals surface area contributed by atoms with E-state index < -0.39 is 11.9 Å². The fourth-order valence-electron chi connectivity index (χ4n) is 7.25. The van der Waals surface area contributed by atoms with Crippen LogP contribution in [0, 0.1) is 62.3 Å². The Balaban J connectivity index is 1.91. The third kappa shape index (κ3) is 7.82. The molecular weight excluding hydrogens is 661 g/mol. The third-order valence-electron chi connectivity index (χ3n) is 10.2. The van der Waals surface area contributed by atoms with Crippen molar-refractivity contribution in [1.82, 2.24) is 0 Å². The summed E-state index contributed by atoms with van der Waals surface area (Å²) in [6.45, 7) is 24.9. The van der Waals surface area contributed by atoms with Crippen LogP contribution in [-0.2, 0) is 9.59 Å². The van der Waals surface area contributed by atoms with Crippen molar-refractivity contribution in [3.05, 3.63) is 175 Å². The molecule has 6 nitrogen and oxygen atoms in total. The maximum absolute atomic E-state index is 12.3. The molecule has 0 saturated carbocycles. The van der Waals surface area contributed by atoms with Gasteiger partial charge < -0.3 is 19.7 Å². The van der Waals surface area contributed by atoms with Gasteiger partial charge in [0.25, 0.3) is 0 Å². The summed E-state index contributed by atoms with van der Waals surface area (Å²) in [6.07, 6.45) is 2.30. The molecule has 0 aliphatic rings. The smallest absolute Gasteiger partial charge is 0.335 e. The zero-order valence-corrected chi connectivity index (χ0v) is 32.1. The van der Waals surface area contributed by atoms with Gasteiger partial charge in [0.1, 0.15) is 23.0 Å². The Labute approximate surface area is 313 Å². The van der Waals surface area contributed by atoms with E-state index in [1.54, 1.807) is 0 Å². The SMILES string of the molecule is C=CC(=O)Oc1cc(C)c(C(c2cc(C)c(OC(=O)C=C)cc2C)c2ccc(C)cc2C(c2cc(C)c(O)cc2C)c2cc(C)c(O)cc2C)cc1C. The van der Waals surface area contributed by atoms with Crippen LogP contribution in [0.4, 0.5) is 0 Å². The fourth-order valence-corrected chi connectivity index (χ4v) is 7.25. The molecule has 6 heteroatoms. The van der Waals surface area contributed by atoms with Gasteiger partial charge >= 0.3 is 11.9 Å². The second-order valence-electron chi connectivity index (χ2n) is 14.2. The molecule has 0 amide bonds. The number of hydrogen-bond acceptors (Lipinski definition) is 6. The normalized spacial score (nSPS) is 11.2. The van der Waals surface area contributed by atoms with Gasteiger partial charge in [-0.3, -0.25) is 0 Å². The lowest BCUT2D eigenvalue weighted by Gasteiger charge is -2.31. The number of phenols is 2. The van der Waals surface area contributed by atoms with Crippen molar-refractivity contribution in [2.24, 2.45) is 0 Å². The molecule has 0 aromatic heterocycles. The molecule has 53 heavy (non-hydrogen) atoms. The standard InChI is InChI=1S/C47H48O6/c1-12-44(50)52-42-23-28(6)37(19-32(42)10)46(38-20-33(11)43(24-29(38)7)53-45(51)13-2)34-15-14-25(3)16-39(34)47(35-17-30(8)40(48)21-26(35)4)36-18-31(9)41(49)22-27(36)5/h12-24,46-49H,1-2H2,3-11H3. The summed E-state index contributed by atoms with van der Waals surface area (Å²) < 4.78 is 11.3. The van der Waals surface area contributed by atoms with Gasteiger partial charge in [0.05, 0.1) is 0 Å². The Hall–Kier alpha value is -5.88. The molecule has 0 bridgehead atoms. The summed E-state index contributed by atoms with van der Waals surface area (Å²) in [4.78, 5) is 24.5. The summed E-state index contributed by atoms with van der Waals surface area (Å²) in [6, 6.07) is 22.3. The molecule has 0 unspecified atom stereocenters. The number of carbonyl (C=O) groups is 2. The quantitative estimate of drug-likeness (QED) is 0.0649. The Morgan fingerprint density at radius 2 is 0.830 bits per heavy atom. The van der Waals surface area contributed by atoms with Crippen LogP contribution in [0.15, 0.2) is 92.0 Å². The van der Waals surface area contributed by atoms with Crippen molar-refractivity contribution in [3.63, 3.8) is 0 Å². The molecular formula is C47H48O6. The molecule has 0 aliphatic heterocycles. The first kappa shape index (κ1) is 38.4. The number of carbonyl (C=O) groups excluding carboxylic acids is 2.